The van der Waals surface area contributed by atoms with Gasteiger partial charge in [0, 0.05) is 12.8 Å². The number of hydrogen-bond acceptors (Lipinski definition) is 11. The van der Waals surface area contributed by atoms with Gasteiger partial charge in [-0.3, -0.25) is 14.1 Å². The summed E-state index contributed by atoms with van der Waals surface area (Å²) in [5, 5.41) is 30.8. The smallest absolute Gasteiger partial charge is 0.306 e. The minimum Gasteiger partial charge on any atom is -0.462 e. The standard InChI is InChI=1S/C43H76O12S/c1-3-5-7-9-11-13-15-16-17-18-19-20-22-24-26-28-30-32-39(45)54-36(33-52-38(44)31-29-27-25-23-21-14-12-10-8-6-4-2)34-53-43-42(48)41(47)40(46)37(55-43)35-56(49,50)51/h5,7,11,13,16-17,36-37,40-43,46-48H,3-4,6,8-10,12,14-15,18-35H2,1-2H3,(H,49,50,51)/b7-5-,13-11-,17-16-. The average molecular weight is 817 g/mol. The number of ether oxygens (including phenoxy) is 4. The average Bonchev–Trinajstić information content (AvgIpc) is 3.16. The van der Waals surface area contributed by atoms with Crippen LogP contribution < -0.4 is 0 Å². The summed E-state index contributed by atoms with van der Waals surface area (Å²) in [4.78, 5) is 25.3. The van der Waals surface area contributed by atoms with Crippen molar-refractivity contribution in [2.75, 3.05) is 19.0 Å². The molecule has 0 aliphatic carbocycles. The lowest BCUT2D eigenvalue weighted by Crippen LogP contribution is -2.60. The quantitative estimate of drug-likeness (QED) is 0.0208. The van der Waals surface area contributed by atoms with Crippen molar-refractivity contribution in [3.8, 4) is 0 Å². The van der Waals surface area contributed by atoms with E-state index < -0.39 is 71.2 Å². The second-order valence-electron chi connectivity index (χ2n) is 15.0. The normalized spacial score (nSPS) is 21.0. The number of hydrogen-bond donors (Lipinski definition) is 4. The minimum atomic E-state index is -4.60. The van der Waals surface area contributed by atoms with Gasteiger partial charge >= 0.3 is 11.9 Å². The van der Waals surface area contributed by atoms with Gasteiger partial charge in [0.2, 0.25) is 0 Å². The molecule has 326 valence electrons. The van der Waals surface area contributed by atoms with Crippen molar-refractivity contribution in [1.29, 1.82) is 0 Å². The SMILES string of the molecule is CC/C=C\C/C=C\C/C=C\CCCCCCCCCC(=O)OC(COC(=O)CCCCCCCCCCCCC)COC1OC(CS(=O)(=O)O)C(O)C(O)C1O. The summed E-state index contributed by atoms with van der Waals surface area (Å²) in [5.74, 6) is -1.99. The molecule has 6 unspecified atom stereocenters. The Bertz CT molecular complexity index is 1190. The maximum atomic E-state index is 12.8. The first-order valence-corrected chi connectivity index (χ1v) is 23.2. The largest absolute Gasteiger partial charge is 0.462 e. The van der Waals surface area contributed by atoms with Gasteiger partial charge in [-0.05, 0) is 44.9 Å². The Kier molecular flexibility index (Phi) is 31.3. The highest BCUT2D eigenvalue weighted by molar-refractivity contribution is 7.85. The topological polar surface area (TPSA) is 186 Å². The number of carbonyl (C=O) groups is 2. The Hall–Kier alpha value is -2.13. The van der Waals surface area contributed by atoms with Crippen LogP contribution in [0.25, 0.3) is 0 Å². The van der Waals surface area contributed by atoms with E-state index in [0.717, 1.165) is 83.5 Å². The van der Waals surface area contributed by atoms with E-state index in [1.165, 1.54) is 44.9 Å². The third kappa shape index (κ3) is 28.3. The summed E-state index contributed by atoms with van der Waals surface area (Å²) in [6.07, 6.45) is 27.6. The van der Waals surface area contributed by atoms with Gasteiger partial charge in [-0.25, -0.2) is 0 Å². The molecule has 1 heterocycles. The van der Waals surface area contributed by atoms with E-state index in [1.54, 1.807) is 0 Å². The zero-order valence-corrected chi connectivity index (χ0v) is 35.3. The van der Waals surface area contributed by atoms with Crippen molar-refractivity contribution in [3.05, 3.63) is 36.5 Å². The fourth-order valence-corrected chi connectivity index (χ4v) is 7.09. The molecule has 0 aromatic carbocycles. The van der Waals surface area contributed by atoms with Crippen molar-refractivity contribution < 1.29 is 56.8 Å². The molecular formula is C43H76O12S. The fraction of sp³-hybridized carbons (Fsp3) is 0.814. The zero-order chi connectivity index (χ0) is 41.3. The molecule has 0 saturated carbocycles. The second-order valence-corrected chi connectivity index (χ2v) is 16.5. The number of rotatable bonds is 35. The molecule has 0 radical (unpaired) electrons. The molecule has 0 amide bonds. The van der Waals surface area contributed by atoms with Crippen LogP contribution in [0.2, 0.25) is 0 Å². The maximum Gasteiger partial charge on any atom is 0.306 e. The van der Waals surface area contributed by atoms with Gasteiger partial charge < -0.3 is 34.3 Å². The lowest BCUT2D eigenvalue weighted by molar-refractivity contribution is -0.297. The molecule has 6 atom stereocenters. The molecule has 0 aromatic rings. The van der Waals surface area contributed by atoms with Crippen LogP contribution in [0.1, 0.15) is 168 Å². The van der Waals surface area contributed by atoms with Crippen molar-refractivity contribution in [2.45, 2.75) is 205 Å². The van der Waals surface area contributed by atoms with Gasteiger partial charge in [-0.15, -0.1) is 0 Å². The molecule has 4 N–H and O–H groups in total. The Morgan fingerprint density at radius 2 is 1.12 bits per heavy atom. The van der Waals surface area contributed by atoms with E-state index in [4.69, 9.17) is 18.9 Å². The van der Waals surface area contributed by atoms with E-state index in [2.05, 4.69) is 50.3 Å². The number of esters is 2. The number of aliphatic hydroxyl groups excluding tert-OH is 3. The summed E-state index contributed by atoms with van der Waals surface area (Å²) in [6, 6.07) is 0. The molecule has 13 heteroatoms. The highest BCUT2D eigenvalue weighted by Gasteiger charge is 2.46. The molecule has 0 spiro atoms. The van der Waals surface area contributed by atoms with E-state index in [9.17, 15) is 37.9 Å². The van der Waals surface area contributed by atoms with Crippen LogP contribution in [0.15, 0.2) is 36.5 Å². The first-order chi connectivity index (χ1) is 27.0. The number of aliphatic hydroxyl groups is 3. The molecule has 1 rings (SSSR count). The first kappa shape index (κ1) is 51.9. The molecule has 12 nitrogen and oxygen atoms in total. The van der Waals surface area contributed by atoms with Gasteiger partial charge in [0.05, 0.1) is 6.61 Å². The predicted molar refractivity (Wildman–Crippen MR) is 219 cm³/mol. The summed E-state index contributed by atoms with van der Waals surface area (Å²) >= 11 is 0. The Balaban J connectivity index is 2.47. The van der Waals surface area contributed by atoms with E-state index >= 15 is 0 Å². The maximum absolute atomic E-state index is 12.8. The molecule has 1 fully saturated rings. The van der Waals surface area contributed by atoms with E-state index in [1.807, 2.05) is 0 Å². The summed E-state index contributed by atoms with van der Waals surface area (Å²) < 4.78 is 53.9. The molecular weight excluding hydrogens is 741 g/mol. The molecule has 0 aromatic heterocycles. The lowest BCUT2D eigenvalue weighted by Gasteiger charge is -2.40. The number of allylic oxidation sites excluding steroid dienone is 6. The van der Waals surface area contributed by atoms with Crippen molar-refractivity contribution >= 4 is 22.1 Å². The van der Waals surface area contributed by atoms with E-state index in [0.29, 0.717) is 12.8 Å². The Morgan fingerprint density at radius 3 is 1.68 bits per heavy atom. The molecule has 1 aliphatic rings. The van der Waals surface area contributed by atoms with E-state index in [-0.39, 0.29) is 19.4 Å². The van der Waals surface area contributed by atoms with Crippen molar-refractivity contribution in [1.82, 2.24) is 0 Å². The summed E-state index contributed by atoms with van der Waals surface area (Å²) in [6.45, 7) is 3.62. The molecule has 1 saturated heterocycles. The van der Waals surface area contributed by atoms with Gasteiger partial charge in [-0.1, -0.05) is 147 Å². The van der Waals surface area contributed by atoms with Crippen LogP contribution >= 0.6 is 0 Å². The van der Waals surface area contributed by atoms with Crippen LogP contribution in [0.3, 0.4) is 0 Å². The molecule has 1 aliphatic heterocycles. The van der Waals surface area contributed by atoms with Crippen LogP contribution in [0.4, 0.5) is 0 Å². The number of unbranched alkanes of at least 4 members (excludes halogenated alkanes) is 17. The summed E-state index contributed by atoms with van der Waals surface area (Å²) in [5.41, 5.74) is 0. The highest BCUT2D eigenvalue weighted by atomic mass is 32.2. The van der Waals surface area contributed by atoms with Gasteiger partial charge in [0.1, 0.15) is 36.8 Å². The van der Waals surface area contributed by atoms with Crippen LogP contribution in [-0.4, -0.2) is 96.0 Å². The van der Waals surface area contributed by atoms with Gasteiger partial charge in [0.15, 0.2) is 12.4 Å². The fourth-order valence-electron chi connectivity index (χ4n) is 6.40. The third-order valence-electron chi connectivity index (χ3n) is 9.73. The minimum absolute atomic E-state index is 0.154. The van der Waals surface area contributed by atoms with Crippen LogP contribution in [0.5, 0.6) is 0 Å². The van der Waals surface area contributed by atoms with Gasteiger partial charge in [-0.2, -0.15) is 8.42 Å². The zero-order valence-electron chi connectivity index (χ0n) is 34.5. The van der Waals surface area contributed by atoms with Crippen molar-refractivity contribution in [3.63, 3.8) is 0 Å². The van der Waals surface area contributed by atoms with Gasteiger partial charge in [0.25, 0.3) is 10.1 Å². The van der Waals surface area contributed by atoms with Crippen molar-refractivity contribution in [2.24, 2.45) is 0 Å². The third-order valence-corrected chi connectivity index (χ3v) is 10.5. The second kappa shape index (κ2) is 33.8. The Labute approximate surface area is 338 Å². The molecule has 56 heavy (non-hydrogen) atoms. The lowest BCUT2D eigenvalue weighted by atomic mass is 10.00. The number of carbonyl (C=O) groups excluding carboxylic acids is 2. The highest BCUT2D eigenvalue weighted by Crippen LogP contribution is 2.24. The predicted octanol–water partition coefficient (Wildman–Crippen LogP) is 8.22. The monoisotopic (exact) mass is 817 g/mol. The Morgan fingerprint density at radius 1 is 0.625 bits per heavy atom. The van der Waals surface area contributed by atoms with Crippen LogP contribution in [0, 0.1) is 0 Å². The summed E-state index contributed by atoms with van der Waals surface area (Å²) in [7, 11) is -4.60. The molecule has 0 bridgehead atoms. The van der Waals surface area contributed by atoms with Crippen LogP contribution in [-0.2, 0) is 38.7 Å². The first-order valence-electron chi connectivity index (χ1n) is 21.5.